The molecule has 0 spiro atoms. The maximum Gasteiger partial charge on any atom is 0.407 e. The fraction of sp³-hybridized carbons (Fsp3) is 0.750. The molecule has 5 amide bonds. The molecular formula is C52H90N8O9. The molecule has 0 unspecified atom stereocenters. The number of ketones is 1. The molecule has 0 aromatic heterocycles. The van der Waals surface area contributed by atoms with Crippen LogP contribution in [0, 0.1) is 23.7 Å². The molecule has 0 radical (unpaired) electrons. The SMILES string of the molecule is CC[C@H](C)[C@@H]([C@@H](CC(=O)N1CCC[C@H]1[C@H](OC)[C@@H](C)C(=O)C[C@@H](Cc1ccccc1)C(=O)N(C)CCN(C)C(=O)CCCNC(=O)OC(C)(C)C)OC)N(C)C(=O)[C@@H](N=C(N(C)C)N(C)C)C(C)C. The Kier molecular flexibility index (Phi) is 25.2. The van der Waals surface area contributed by atoms with Gasteiger partial charge in [-0.1, -0.05) is 71.4 Å². The molecule has 1 aliphatic rings. The summed E-state index contributed by atoms with van der Waals surface area (Å²) in [5, 5.41) is 2.67. The molecule has 69 heavy (non-hydrogen) atoms. The fourth-order valence-corrected chi connectivity index (χ4v) is 9.15. The Balaban J connectivity index is 2.25. The number of nitrogens with one attached hydrogen (secondary N) is 1. The summed E-state index contributed by atoms with van der Waals surface area (Å²) < 4.78 is 17.5. The van der Waals surface area contributed by atoms with E-state index in [1.54, 1.807) is 70.8 Å². The van der Waals surface area contributed by atoms with Gasteiger partial charge in [-0.3, -0.25) is 24.0 Å². The van der Waals surface area contributed by atoms with Gasteiger partial charge in [0, 0.05) is 114 Å². The van der Waals surface area contributed by atoms with Crippen molar-refractivity contribution in [2.75, 3.05) is 89.7 Å². The zero-order chi connectivity index (χ0) is 52.3. The highest BCUT2D eigenvalue weighted by molar-refractivity contribution is 5.89. The van der Waals surface area contributed by atoms with Crippen LogP contribution in [0.3, 0.4) is 0 Å². The number of amides is 5. The van der Waals surface area contributed by atoms with E-state index >= 15 is 0 Å². The Hall–Kier alpha value is -4.77. The van der Waals surface area contributed by atoms with Gasteiger partial charge in [0.05, 0.1) is 30.7 Å². The highest BCUT2D eigenvalue weighted by atomic mass is 16.6. The Labute approximate surface area is 415 Å². The summed E-state index contributed by atoms with van der Waals surface area (Å²) in [5.41, 5.74) is 0.304. The fourth-order valence-electron chi connectivity index (χ4n) is 9.15. The third-order valence-corrected chi connectivity index (χ3v) is 13.2. The number of benzene rings is 1. The van der Waals surface area contributed by atoms with Crippen molar-refractivity contribution in [1.82, 2.24) is 34.7 Å². The summed E-state index contributed by atoms with van der Waals surface area (Å²) in [7, 11) is 15.9. The number of carbonyl (C=O) groups is 6. The van der Waals surface area contributed by atoms with Gasteiger partial charge in [0.2, 0.25) is 23.6 Å². The Morgan fingerprint density at radius 3 is 1.99 bits per heavy atom. The Morgan fingerprint density at radius 1 is 0.841 bits per heavy atom. The molecule has 8 atom stereocenters. The maximum atomic E-state index is 14.5. The molecule has 0 aliphatic carbocycles. The lowest BCUT2D eigenvalue weighted by molar-refractivity contribution is -0.146. The second-order valence-electron chi connectivity index (χ2n) is 20.7. The van der Waals surface area contributed by atoms with Crippen LogP contribution in [0.5, 0.6) is 0 Å². The highest BCUT2D eigenvalue weighted by Gasteiger charge is 2.43. The number of likely N-dealkylation sites (N-methyl/N-ethyl adjacent to an activating group) is 3. The van der Waals surface area contributed by atoms with Crippen molar-refractivity contribution in [3.63, 3.8) is 0 Å². The van der Waals surface area contributed by atoms with Crippen LogP contribution in [0.4, 0.5) is 4.79 Å². The van der Waals surface area contributed by atoms with Gasteiger partial charge in [-0.2, -0.15) is 0 Å². The summed E-state index contributed by atoms with van der Waals surface area (Å²) in [4.78, 5) is 97.7. The lowest BCUT2D eigenvalue weighted by Gasteiger charge is -2.40. The molecule has 1 aliphatic heterocycles. The van der Waals surface area contributed by atoms with Gasteiger partial charge in [-0.15, -0.1) is 0 Å². The number of hydrogen-bond acceptors (Lipinski definition) is 10. The number of Topliss-reactive ketones (excluding diaryl/α,β-unsaturated/α-hetero) is 1. The minimum atomic E-state index is -0.677. The molecule has 1 heterocycles. The quantitative estimate of drug-likeness (QED) is 0.0711. The van der Waals surface area contributed by atoms with Crippen LogP contribution in [-0.4, -0.2) is 197 Å². The molecule has 1 fully saturated rings. The minimum Gasteiger partial charge on any atom is -0.444 e. The number of rotatable bonds is 26. The standard InChI is InChI=1S/C52H90N8O9/c1-18-36(4)46(59(15)49(65)45(35(2)3)54-50(55(9)10)56(11)12)42(67-16)34-44(63)60-29-23-26-40(60)47(68-17)37(5)41(61)33-39(32-38-24-20-19-21-25-38)48(64)58(14)31-30-57(13)43(62)27-22-28-53-51(66)69-52(6,7)8/h19-21,24-25,35-37,39-40,42,45-47H,18,22-23,26-34H2,1-17H3,(H,53,66)/t36-,37-,39+,40-,42+,45-,46-,47+/m0/s1. The van der Waals surface area contributed by atoms with Gasteiger partial charge >= 0.3 is 6.09 Å². The molecule has 1 aromatic carbocycles. The van der Waals surface area contributed by atoms with E-state index in [9.17, 15) is 28.8 Å². The molecule has 1 saturated heterocycles. The number of nitrogens with zero attached hydrogens (tertiary/aromatic N) is 7. The minimum absolute atomic E-state index is 0.00495. The van der Waals surface area contributed by atoms with Crippen LogP contribution in [0.1, 0.15) is 106 Å². The van der Waals surface area contributed by atoms with Crippen molar-refractivity contribution in [2.45, 2.75) is 143 Å². The largest absolute Gasteiger partial charge is 0.444 e. The molecule has 0 bridgehead atoms. The summed E-state index contributed by atoms with van der Waals surface area (Å²) in [6.07, 6.45) is 1.33. The van der Waals surface area contributed by atoms with Gasteiger partial charge in [0.25, 0.3) is 0 Å². The van der Waals surface area contributed by atoms with Crippen molar-refractivity contribution in [3.05, 3.63) is 35.9 Å². The molecule has 17 heteroatoms. The van der Waals surface area contributed by atoms with Crippen LogP contribution in [0.15, 0.2) is 35.3 Å². The van der Waals surface area contributed by atoms with Crippen LogP contribution in [0.2, 0.25) is 0 Å². The van der Waals surface area contributed by atoms with E-state index < -0.39 is 47.8 Å². The van der Waals surface area contributed by atoms with Crippen LogP contribution < -0.4 is 5.32 Å². The van der Waals surface area contributed by atoms with Gasteiger partial charge in [-0.05, 0) is 63.9 Å². The monoisotopic (exact) mass is 971 g/mol. The predicted octanol–water partition coefficient (Wildman–Crippen LogP) is 5.45. The van der Waals surface area contributed by atoms with Gasteiger partial charge in [0.15, 0.2) is 5.96 Å². The van der Waals surface area contributed by atoms with E-state index in [0.29, 0.717) is 38.3 Å². The van der Waals surface area contributed by atoms with Crippen molar-refractivity contribution < 1.29 is 43.0 Å². The molecular weight excluding hydrogens is 881 g/mol. The second kappa shape index (κ2) is 28.8. The van der Waals surface area contributed by atoms with E-state index in [-0.39, 0.29) is 79.6 Å². The molecule has 392 valence electrons. The van der Waals surface area contributed by atoms with Gasteiger partial charge in [-0.25, -0.2) is 9.79 Å². The number of hydrogen-bond donors (Lipinski definition) is 1. The van der Waals surface area contributed by atoms with E-state index in [0.717, 1.165) is 18.4 Å². The summed E-state index contributed by atoms with van der Waals surface area (Å²) >= 11 is 0. The molecule has 2 rings (SSSR count). The zero-order valence-electron chi connectivity index (χ0n) is 45.4. The molecule has 17 nitrogen and oxygen atoms in total. The van der Waals surface area contributed by atoms with Crippen LogP contribution in [0.25, 0.3) is 0 Å². The number of aliphatic imine (C=N–C) groups is 1. The summed E-state index contributed by atoms with van der Waals surface area (Å²) in [5.74, 6) is -1.49. The van der Waals surface area contributed by atoms with Gasteiger partial charge < -0.3 is 48.9 Å². The number of guanidine groups is 1. The lowest BCUT2D eigenvalue weighted by atomic mass is 9.85. The predicted molar refractivity (Wildman–Crippen MR) is 272 cm³/mol. The van der Waals surface area contributed by atoms with Crippen LogP contribution in [-0.2, 0) is 44.6 Å². The summed E-state index contributed by atoms with van der Waals surface area (Å²) in [6, 6.07) is 8.12. The summed E-state index contributed by atoms with van der Waals surface area (Å²) in [6.45, 7) is 16.6. The first-order valence-electron chi connectivity index (χ1n) is 24.9. The first-order chi connectivity index (χ1) is 32.3. The Bertz CT molecular complexity index is 1810. The average molecular weight is 971 g/mol. The first kappa shape index (κ1) is 60.4. The lowest BCUT2D eigenvalue weighted by Crippen LogP contribution is -2.55. The van der Waals surface area contributed by atoms with Crippen molar-refractivity contribution >= 4 is 41.5 Å². The zero-order valence-corrected chi connectivity index (χ0v) is 45.4. The topological polar surface area (TPSA) is 174 Å². The van der Waals surface area contributed by atoms with Crippen molar-refractivity contribution in [3.8, 4) is 0 Å². The number of likely N-dealkylation sites (tertiary alicyclic amines) is 1. The number of methoxy groups -OCH3 is 2. The number of alkyl carbamates (subject to hydrolysis) is 1. The highest BCUT2D eigenvalue weighted by Crippen LogP contribution is 2.31. The van der Waals surface area contributed by atoms with Crippen LogP contribution >= 0.6 is 0 Å². The Morgan fingerprint density at radius 2 is 1.45 bits per heavy atom. The van der Waals surface area contributed by atoms with Gasteiger partial charge in [0.1, 0.15) is 17.4 Å². The van der Waals surface area contributed by atoms with E-state index in [2.05, 4.69) is 19.2 Å². The smallest absolute Gasteiger partial charge is 0.407 e. The average Bonchev–Trinajstić information content (AvgIpc) is 3.77. The third-order valence-electron chi connectivity index (χ3n) is 13.2. The van der Waals surface area contributed by atoms with E-state index in [1.807, 2.05) is 94.0 Å². The maximum absolute atomic E-state index is 14.5. The molecule has 0 saturated carbocycles. The first-order valence-corrected chi connectivity index (χ1v) is 24.9. The third kappa shape index (κ3) is 18.8. The normalized spacial score (nSPS) is 16.8. The molecule has 1 aromatic rings. The second-order valence-corrected chi connectivity index (χ2v) is 20.7. The molecule has 1 N–H and O–H groups in total. The van der Waals surface area contributed by atoms with Crippen molar-refractivity contribution in [1.29, 1.82) is 0 Å². The number of ether oxygens (including phenoxy) is 3. The number of carbonyl (C=O) groups excluding carboxylic acids is 6. The van der Waals surface area contributed by atoms with Crippen molar-refractivity contribution in [2.24, 2.45) is 28.7 Å². The van der Waals surface area contributed by atoms with E-state index in [4.69, 9.17) is 19.2 Å². The van der Waals surface area contributed by atoms with E-state index in [1.165, 1.54) is 0 Å².